The minimum Gasteiger partial charge on any atom is -0.493 e. The molecule has 2 heteroatoms. The molecule has 0 saturated carbocycles. The van der Waals surface area contributed by atoms with Crippen LogP contribution in [0.15, 0.2) is 30.9 Å². The highest BCUT2D eigenvalue weighted by Crippen LogP contribution is 2.27. The molecule has 0 heterocycles. The summed E-state index contributed by atoms with van der Waals surface area (Å²) in [5.41, 5.74) is 2.78. The number of hydrogen-bond donors (Lipinski definition) is 1. The Morgan fingerprint density at radius 2 is 2.05 bits per heavy atom. The molecule has 19 heavy (non-hydrogen) atoms. The Morgan fingerprint density at radius 1 is 1.32 bits per heavy atom. The fraction of sp³-hybridized carbons (Fsp3) is 0.529. The van der Waals surface area contributed by atoms with Crippen molar-refractivity contribution in [3.05, 3.63) is 42.0 Å². The first-order chi connectivity index (χ1) is 8.95. The molecule has 0 aromatic heterocycles. The molecule has 0 fully saturated rings. The van der Waals surface area contributed by atoms with Crippen molar-refractivity contribution in [1.82, 2.24) is 0 Å². The molecule has 0 saturated heterocycles. The maximum Gasteiger partial charge on any atom is 0.122 e. The minimum absolute atomic E-state index is 0.197. The maximum absolute atomic E-state index is 5.84. The normalized spacial score (nSPS) is 11.4. The van der Waals surface area contributed by atoms with Crippen LogP contribution in [-0.4, -0.2) is 19.7 Å². The number of rotatable bonds is 7. The van der Waals surface area contributed by atoms with Crippen LogP contribution in [-0.2, 0) is 5.41 Å². The molecule has 0 aliphatic heterocycles. The molecule has 0 aliphatic rings. The van der Waals surface area contributed by atoms with Gasteiger partial charge in [0.05, 0.1) is 19.7 Å². The Bertz CT molecular complexity index is 404. The number of aryl methyl sites for hydroxylation is 1. The van der Waals surface area contributed by atoms with Gasteiger partial charge in [0.1, 0.15) is 5.75 Å². The average Bonchev–Trinajstić information content (AvgIpc) is 2.34. The smallest absolute Gasteiger partial charge is 0.122 e. The van der Waals surface area contributed by atoms with Crippen molar-refractivity contribution in [2.75, 3.05) is 19.7 Å². The van der Waals surface area contributed by atoms with Crippen molar-refractivity contribution in [3.63, 3.8) is 0 Å². The van der Waals surface area contributed by atoms with Gasteiger partial charge in [-0.25, -0.2) is 0 Å². The Hall–Kier alpha value is -1.28. The van der Waals surface area contributed by atoms with Gasteiger partial charge in [-0.05, 0) is 35.6 Å². The predicted octanol–water partition coefficient (Wildman–Crippen LogP) is 2.81. The molecule has 1 rings (SSSR count). The SMILES string of the molecule is C=CC[NH2+]CCCOc1ccc(C(C)(C)C)cc1C. The second-order valence-electron chi connectivity index (χ2n) is 6.03. The van der Waals surface area contributed by atoms with Crippen LogP contribution < -0.4 is 10.1 Å². The monoisotopic (exact) mass is 262 g/mol. The van der Waals surface area contributed by atoms with E-state index in [0.717, 1.165) is 31.9 Å². The van der Waals surface area contributed by atoms with Crippen molar-refractivity contribution in [1.29, 1.82) is 0 Å². The van der Waals surface area contributed by atoms with E-state index in [1.807, 2.05) is 6.08 Å². The quantitative estimate of drug-likeness (QED) is 0.593. The number of benzene rings is 1. The first-order valence-electron chi connectivity index (χ1n) is 7.11. The molecule has 0 unspecified atom stereocenters. The summed E-state index contributed by atoms with van der Waals surface area (Å²) in [6.45, 7) is 15.4. The molecular formula is C17H28NO+. The van der Waals surface area contributed by atoms with E-state index in [4.69, 9.17) is 4.74 Å². The van der Waals surface area contributed by atoms with Gasteiger partial charge in [0.15, 0.2) is 0 Å². The Labute approximate surface area is 117 Å². The molecule has 0 spiro atoms. The van der Waals surface area contributed by atoms with Gasteiger partial charge in [0, 0.05) is 6.42 Å². The van der Waals surface area contributed by atoms with Crippen molar-refractivity contribution in [3.8, 4) is 5.75 Å². The largest absolute Gasteiger partial charge is 0.493 e. The molecule has 1 aromatic carbocycles. The topological polar surface area (TPSA) is 25.8 Å². The second-order valence-corrected chi connectivity index (χ2v) is 6.03. The van der Waals surface area contributed by atoms with Crippen molar-refractivity contribution in [2.24, 2.45) is 0 Å². The molecule has 1 aromatic rings. The number of nitrogens with two attached hydrogens (primary N) is 1. The molecular weight excluding hydrogens is 234 g/mol. The third-order valence-corrected chi connectivity index (χ3v) is 3.18. The zero-order valence-corrected chi connectivity index (χ0v) is 12.8. The molecule has 0 radical (unpaired) electrons. The van der Waals surface area contributed by atoms with Gasteiger partial charge >= 0.3 is 0 Å². The lowest BCUT2D eigenvalue weighted by molar-refractivity contribution is -0.646. The zero-order valence-electron chi connectivity index (χ0n) is 12.8. The fourth-order valence-electron chi connectivity index (χ4n) is 1.92. The zero-order chi connectivity index (χ0) is 14.3. The summed E-state index contributed by atoms with van der Waals surface area (Å²) in [4.78, 5) is 0. The van der Waals surface area contributed by atoms with E-state index >= 15 is 0 Å². The summed E-state index contributed by atoms with van der Waals surface area (Å²) in [6, 6.07) is 6.51. The summed E-state index contributed by atoms with van der Waals surface area (Å²) in [5, 5.41) is 2.24. The number of ether oxygens (including phenoxy) is 1. The lowest BCUT2D eigenvalue weighted by Gasteiger charge is -2.20. The minimum atomic E-state index is 0.197. The molecule has 2 N–H and O–H groups in total. The second kappa shape index (κ2) is 7.34. The number of quaternary nitrogens is 1. The highest BCUT2D eigenvalue weighted by Gasteiger charge is 2.14. The maximum atomic E-state index is 5.84. The number of hydrogen-bond acceptors (Lipinski definition) is 1. The molecule has 2 nitrogen and oxygen atoms in total. The van der Waals surface area contributed by atoms with Crippen LogP contribution in [0.4, 0.5) is 0 Å². The summed E-state index contributed by atoms with van der Waals surface area (Å²) in [7, 11) is 0. The first-order valence-corrected chi connectivity index (χ1v) is 7.11. The highest BCUT2D eigenvalue weighted by molar-refractivity contribution is 5.38. The van der Waals surface area contributed by atoms with Crippen LogP contribution in [0.5, 0.6) is 5.75 Å². The van der Waals surface area contributed by atoms with E-state index in [9.17, 15) is 0 Å². The standard InChI is InChI=1S/C17H27NO/c1-6-10-18-11-7-12-19-16-9-8-15(13-14(16)2)17(3,4)5/h6,8-9,13,18H,1,7,10-12H2,2-5H3/p+1. The highest BCUT2D eigenvalue weighted by atomic mass is 16.5. The third-order valence-electron chi connectivity index (χ3n) is 3.18. The summed E-state index contributed by atoms with van der Waals surface area (Å²) < 4.78 is 5.84. The van der Waals surface area contributed by atoms with E-state index in [0.29, 0.717) is 0 Å². The lowest BCUT2D eigenvalue weighted by Crippen LogP contribution is -2.84. The van der Waals surface area contributed by atoms with Gasteiger partial charge in [0.25, 0.3) is 0 Å². The van der Waals surface area contributed by atoms with E-state index in [-0.39, 0.29) is 5.41 Å². The van der Waals surface area contributed by atoms with Crippen LogP contribution in [0.25, 0.3) is 0 Å². The van der Waals surface area contributed by atoms with Gasteiger partial charge in [-0.1, -0.05) is 39.5 Å². The summed E-state index contributed by atoms with van der Waals surface area (Å²) in [5.74, 6) is 1.01. The van der Waals surface area contributed by atoms with Crippen molar-refractivity contribution < 1.29 is 10.1 Å². The summed E-state index contributed by atoms with van der Waals surface area (Å²) >= 11 is 0. The van der Waals surface area contributed by atoms with Crippen LogP contribution in [0.2, 0.25) is 0 Å². The van der Waals surface area contributed by atoms with Crippen molar-refractivity contribution >= 4 is 0 Å². The Morgan fingerprint density at radius 3 is 2.63 bits per heavy atom. The molecule has 106 valence electrons. The van der Waals surface area contributed by atoms with Gasteiger partial charge in [0.2, 0.25) is 0 Å². The fourth-order valence-corrected chi connectivity index (χ4v) is 1.92. The van der Waals surface area contributed by atoms with E-state index < -0.39 is 0 Å². The van der Waals surface area contributed by atoms with Gasteiger partial charge < -0.3 is 10.1 Å². The first kappa shape index (κ1) is 15.8. The third kappa shape index (κ3) is 5.48. The van der Waals surface area contributed by atoms with Gasteiger partial charge in [-0.15, -0.1) is 0 Å². The van der Waals surface area contributed by atoms with Crippen LogP contribution in [0.1, 0.15) is 38.3 Å². The molecule has 0 bridgehead atoms. The van der Waals surface area contributed by atoms with E-state index in [1.165, 1.54) is 11.1 Å². The Kier molecular flexibility index (Phi) is 6.10. The van der Waals surface area contributed by atoms with Crippen LogP contribution >= 0.6 is 0 Å². The van der Waals surface area contributed by atoms with E-state index in [1.54, 1.807) is 0 Å². The van der Waals surface area contributed by atoms with Crippen LogP contribution in [0.3, 0.4) is 0 Å². The average molecular weight is 262 g/mol. The molecule has 0 atom stereocenters. The Balaban J connectivity index is 2.45. The predicted molar refractivity (Wildman–Crippen MR) is 81.8 cm³/mol. The van der Waals surface area contributed by atoms with E-state index in [2.05, 4.69) is 57.8 Å². The molecule has 0 amide bonds. The molecule has 0 aliphatic carbocycles. The summed E-state index contributed by atoms with van der Waals surface area (Å²) in [6.07, 6.45) is 2.99. The van der Waals surface area contributed by atoms with Gasteiger partial charge in [-0.2, -0.15) is 0 Å². The van der Waals surface area contributed by atoms with Crippen molar-refractivity contribution in [2.45, 2.75) is 39.5 Å². The lowest BCUT2D eigenvalue weighted by atomic mass is 9.86. The van der Waals surface area contributed by atoms with Crippen LogP contribution in [0, 0.1) is 6.92 Å². The van der Waals surface area contributed by atoms with Gasteiger partial charge in [-0.3, -0.25) is 0 Å².